The van der Waals surface area contributed by atoms with Gasteiger partial charge in [-0.3, -0.25) is 14.9 Å². The minimum Gasteiger partial charge on any atom is -0.462 e. The van der Waals surface area contributed by atoms with E-state index in [1.54, 1.807) is 30.2 Å². The van der Waals surface area contributed by atoms with Crippen molar-refractivity contribution in [1.29, 1.82) is 5.26 Å². The second-order valence-corrected chi connectivity index (χ2v) is 6.54. The summed E-state index contributed by atoms with van der Waals surface area (Å²) in [5, 5.41) is 20.3. The molecule has 3 rings (SSSR count). The van der Waals surface area contributed by atoms with Gasteiger partial charge in [0, 0.05) is 50.1 Å². The average molecular weight is 409 g/mol. The number of pyridine rings is 1. The highest BCUT2D eigenvalue weighted by Crippen LogP contribution is 2.21. The Labute approximate surface area is 172 Å². The Kier molecular flexibility index (Phi) is 6.22. The molecule has 154 valence electrons. The Morgan fingerprint density at radius 1 is 1.20 bits per heavy atom. The van der Waals surface area contributed by atoms with Crippen LogP contribution in [0.15, 0.2) is 36.5 Å². The van der Waals surface area contributed by atoms with Crippen LogP contribution in [0.5, 0.6) is 0 Å². The van der Waals surface area contributed by atoms with Gasteiger partial charge in [0.05, 0.1) is 28.7 Å². The first-order chi connectivity index (χ1) is 14.4. The van der Waals surface area contributed by atoms with Crippen molar-refractivity contribution in [2.45, 2.75) is 6.92 Å². The van der Waals surface area contributed by atoms with Crippen LogP contribution in [0.2, 0.25) is 0 Å². The van der Waals surface area contributed by atoms with Gasteiger partial charge in [0.1, 0.15) is 5.82 Å². The van der Waals surface area contributed by atoms with Crippen molar-refractivity contribution in [3.05, 3.63) is 63.3 Å². The van der Waals surface area contributed by atoms with E-state index < -0.39 is 16.8 Å². The van der Waals surface area contributed by atoms with Crippen LogP contribution in [0.25, 0.3) is 0 Å². The molecule has 0 bridgehead atoms. The van der Waals surface area contributed by atoms with Crippen molar-refractivity contribution in [2.24, 2.45) is 0 Å². The maximum absolute atomic E-state index is 12.9. The summed E-state index contributed by atoms with van der Waals surface area (Å²) in [5.41, 5.74) is 0.178. The van der Waals surface area contributed by atoms with Crippen LogP contribution >= 0.6 is 0 Å². The number of piperazine rings is 1. The first kappa shape index (κ1) is 20.7. The number of nitro benzene ring substituents is 1. The number of amides is 1. The molecule has 1 fully saturated rings. The molecule has 0 radical (unpaired) electrons. The second-order valence-electron chi connectivity index (χ2n) is 6.54. The van der Waals surface area contributed by atoms with Crippen LogP contribution in [0, 0.1) is 21.4 Å². The first-order valence-electron chi connectivity index (χ1n) is 9.30. The van der Waals surface area contributed by atoms with E-state index in [0.29, 0.717) is 37.6 Å². The Balaban J connectivity index is 1.76. The first-order valence-corrected chi connectivity index (χ1v) is 9.30. The fourth-order valence-electron chi connectivity index (χ4n) is 3.15. The lowest BCUT2D eigenvalue weighted by Gasteiger charge is -2.35. The Morgan fingerprint density at radius 2 is 1.90 bits per heavy atom. The predicted octanol–water partition coefficient (Wildman–Crippen LogP) is 2.00. The molecule has 1 aromatic heterocycles. The minimum atomic E-state index is -0.719. The van der Waals surface area contributed by atoms with Crippen LogP contribution in [0.3, 0.4) is 0 Å². The van der Waals surface area contributed by atoms with E-state index in [4.69, 9.17) is 10.00 Å². The number of rotatable bonds is 5. The molecular formula is C20H19N5O5. The minimum absolute atomic E-state index is 0.0365. The molecular weight excluding hydrogens is 390 g/mol. The van der Waals surface area contributed by atoms with Gasteiger partial charge in [-0.05, 0) is 25.1 Å². The van der Waals surface area contributed by atoms with E-state index in [0.717, 1.165) is 12.1 Å². The van der Waals surface area contributed by atoms with Crippen molar-refractivity contribution in [3.8, 4) is 6.07 Å². The molecule has 1 aromatic carbocycles. The molecule has 1 saturated heterocycles. The fourth-order valence-corrected chi connectivity index (χ4v) is 3.15. The van der Waals surface area contributed by atoms with Crippen LogP contribution in [-0.4, -0.2) is 59.5 Å². The number of esters is 1. The van der Waals surface area contributed by atoms with E-state index in [1.807, 2.05) is 4.90 Å². The molecule has 0 aliphatic carbocycles. The molecule has 10 heteroatoms. The van der Waals surface area contributed by atoms with Gasteiger partial charge < -0.3 is 14.5 Å². The van der Waals surface area contributed by atoms with Crippen molar-refractivity contribution in [1.82, 2.24) is 9.88 Å². The largest absolute Gasteiger partial charge is 0.462 e. The number of non-ortho nitro benzene ring substituents is 1. The lowest BCUT2D eigenvalue weighted by atomic mass is 10.1. The van der Waals surface area contributed by atoms with Crippen LogP contribution < -0.4 is 4.90 Å². The molecule has 10 nitrogen and oxygen atoms in total. The molecule has 0 unspecified atom stereocenters. The molecule has 2 aromatic rings. The zero-order chi connectivity index (χ0) is 21.7. The fraction of sp³-hybridized carbons (Fsp3) is 0.300. The second kappa shape index (κ2) is 9.00. The number of hydrogen-bond donors (Lipinski definition) is 0. The van der Waals surface area contributed by atoms with Crippen molar-refractivity contribution >= 4 is 23.4 Å². The van der Waals surface area contributed by atoms with E-state index in [1.165, 1.54) is 6.07 Å². The number of nitro groups is 1. The summed E-state index contributed by atoms with van der Waals surface area (Å²) >= 11 is 0. The average Bonchev–Trinajstić information content (AvgIpc) is 2.78. The Morgan fingerprint density at radius 3 is 2.53 bits per heavy atom. The van der Waals surface area contributed by atoms with Gasteiger partial charge >= 0.3 is 5.97 Å². The van der Waals surface area contributed by atoms with Crippen LogP contribution in [-0.2, 0) is 4.74 Å². The third-order valence-electron chi connectivity index (χ3n) is 4.65. The third kappa shape index (κ3) is 4.52. The van der Waals surface area contributed by atoms with Crippen molar-refractivity contribution in [2.75, 3.05) is 37.7 Å². The maximum atomic E-state index is 12.9. The van der Waals surface area contributed by atoms with Gasteiger partial charge in [0.15, 0.2) is 0 Å². The van der Waals surface area contributed by atoms with Crippen LogP contribution in [0.1, 0.15) is 33.2 Å². The molecule has 2 heterocycles. The van der Waals surface area contributed by atoms with E-state index >= 15 is 0 Å². The lowest BCUT2D eigenvalue weighted by Crippen LogP contribution is -2.49. The summed E-state index contributed by atoms with van der Waals surface area (Å²) in [7, 11) is 0. The van der Waals surface area contributed by atoms with E-state index in [2.05, 4.69) is 11.1 Å². The van der Waals surface area contributed by atoms with E-state index in [9.17, 15) is 19.7 Å². The number of carbonyl (C=O) groups excluding carboxylic acids is 2. The summed E-state index contributed by atoms with van der Waals surface area (Å²) in [6.45, 7) is 3.47. The highest BCUT2D eigenvalue weighted by Gasteiger charge is 2.26. The molecule has 0 saturated carbocycles. The number of benzene rings is 1. The smallest absolute Gasteiger partial charge is 0.338 e. The summed E-state index contributed by atoms with van der Waals surface area (Å²) in [4.78, 5) is 43.3. The number of anilines is 1. The predicted molar refractivity (Wildman–Crippen MR) is 106 cm³/mol. The van der Waals surface area contributed by atoms with Gasteiger partial charge in [0.2, 0.25) is 0 Å². The maximum Gasteiger partial charge on any atom is 0.338 e. The summed E-state index contributed by atoms with van der Waals surface area (Å²) < 4.78 is 4.90. The van der Waals surface area contributed by atoms with Crippen molar-refractivity contribution in [3.63, 3.8) is 0 Å². The summed E-state index contributed by atoms with van der Waals surface area (Å²) in [6, 6.07) is 8.95. The SMILES string of the molecule is CCOC(=O)c1cc(C(=O)N2CCN(c3cc(C#N)ccn3)CC2)cc([N+](=O)[O-])c1. The van der Waals surface area contributed by atoms with Gasteiger partial charge in [-0.2, -0.15) is 5.26 Å². The number of carbonyl (C=O) groups is 2. The molecule has 1 amide bonds. The molecule has 1 aliphatic heterocycles. The van der Waals surface area contributed by atoms with Crippen molar-refractivity contribution < 1.29 is 19.2 Å². The Hall–Kier alpha value is -4.00. The standard InChI is InChI=1S/C20H19N5O5/c1-2-30-20(27)16-10-15(11-17(12-16)25(28)29)19(26)24-7-5-23(6-8-24)18-9-14(13-21)3-4-22-18/h3-4,9-12H,2,5-8H2,1H3. The van der Waals surface area contributed by atoms with Gasteiger partial charge in [-0.15, -0.1) is 0 Å². The number of aromatic nitrogens is 1. The number of hydrogen-bond acceptors (Lipinski definition) is 8. The molecule has 30 heavy (non-hydrogen) atoms. The van der Waals surface area contributed by atoms with Gasteiger partial charge in [0.25, 0.3) is 11.6 Å². The zero-order valence-electron chi connectivity index (χ0n) is 16.3. The monoisotopic (exact) mass is 409 g/mol. The lowest BCUT2D eigenvalue weighted by molar-refractivity contribution is -0.384. The normalized spacial score (nSPS) is 13.5. The topological polar surface area (TPSA) is 130 Å². The molecule has 0 spiro atoms. The Bertz CT molecular complexity index is 1020. The summed E-state index contributed by atoms with van der Waals surface area (Å²) in [6.07, 6.45) is 1.56. The number of ether oxygens (including phenoxy) is 1. The van der Waals surface area contributed by atoms with Gasteiger partial charge in [-0.25, -0.2) is 9.78 Å². The molecule has 0 atom stereocenters. The number of nitrogens with zero attached hydrogens (tertiary/aromatic N) is 5. The summed E-state index contributed by atoms with van der Waals surface area (Å²) in [5.74, 6) is -0.466. The van der Waals surface area contributed by atoms with E-state index in [-0.39, 0.29) is 23.4 Å². The highest BCUT2D eigenvalue weighted by molar-refractivity contribution is 5.99. The highest BCUT2D eigenvalue weighted by atomic mass is 16.6. The molecule has 0 N–H and O–H groups in total. The molecule has 1 aliphatic rings. The zero-order valence-corrected chi connectivity index (χ0v) is 16.3. The van der Waals surface area contributed by atoms with Gasteiger partial charge in [-0.1, -0.05) is 0 Å². The third-order valence-corrected chi connectivity index (χ3v) is 4.65. The van der Waals surface area contributed by atoms with Crippen LogP contribution in [0.4, 0.5) is 11.5 Å². The quantitative estimate of drug-likeness (QED) is 0.416. The number of nitriles is 1.